The molecule has 0 fully saturated rings. The van der Waals surface area contributed by atoms with E-state index in [0.29, 0.717) is 17.1 Å². The van der Waals surface area contributed by atoms with E-state index >= 15 is 0 Å². The van der Waals surface area contributed by atoms with Gasteiger partial charge < -0.3 is 14.8 Å². The Bertz CT molecular complexity index is 735. The molecule has 0 amide bonds. The lowest BCUT2D eigenvalue weighted by Gasteiger charge is -2.09. The molecule has 0 spiro atoms. The average Bonchev–Trinajstić information content (AvgIpc) is 2.57. The van der Waals surface area contributed by atoms with Crippen LogP contribution in [-0.2, 0) is 0 Å². The van der Waals surface area contributed by atoms with Crippen LogP contribution in [-0.4, -0.2) is 20.0 Å². The van der Waals surface area contributed by atoms with Crippen LogP contribution < -0.4 is 14.8 Å². The number of carbonyl (C=O) groups is 1. The molecule has 0 aliphatic rings. The molecule has 0 aromatic heterocycles. The number of methoxy groups -OCH3 is 2. The number of hydrogen-bond acceptors (Lipinski definition) is 4. The SMILES string of the molecule is COc1ccc(NC=CC(=O)c2ccc(C)c(C)c2)c(OC)c1. The van der Waals surface area contributed by atoms with Gasteiger partial charge in [-0.25, -0.2) is 0 Å². The highest BCUT2D eigenvalue weighted by Gasteiger charge is 2.05. The van der Waals surface area contributed by atoms with Gasteiger partial charge in [0.15, 0.2) is 5.78 Å². The van der Waals surface area contributed by atoms with Crippen LogP contribution in [0.4, 0.5) is 5.69 Å². The molecule has 0 saturated heterocycles. The van der Waals surface area contributed by atoms with E-state index in [9.17, 15) is 4.79 Å². The normalized spacial score (nSPS) is 10.6. The van der Waals surface area contributed by atoms with E-state index in [1.807, 2.05) is 44.2 Å². The smallest absolute Gasteiger partial charge is 0.187 e. The maximum Gasteiger partial charge on any atom is 0.187 e. The highest BCUT2D eigenvalue weighted by atomic mass is 16.5. The predicted molar refractivity (Wildman–Crippen MR) is 92.6 cm³/mol. The molecular formula is C19H21NO3. The Morgan fingerprint density at radius 2 is 1.78 bits per heavy atom. The molecule has 0 bridgehead atoms. The van der Waals surface area contributed by atoms with Gasteiger partial charge in [-0.15, -0.1) is 0 Å². The van der Waals surface area contributed by atoms with E-state index in [0.717, 1.165) is 11.3 Å². The zero-order chi connectivity index (χ0) is 16.8. The molecule has 4 heteroatoms. The highest BCUT2D eigenvalue weighted by Crippen LogP contribution is 2.28. The fourth-order valence-corrected chi connectivity index (χ4v) is 2.12. The van der Waals surface area contributed by atoms with Crippen molar-refractivity contribution in [3.63, 3.8) is 0 Å². The number of benzene rings is 2. The van der Waals surface area contributed by atoms with Crippen molar-refractivity contribution in [2.24, 2.45) is 0 Å². The monoisotopic (exact) mass is 311 g/mol. The maximum absolute atomic E-state index is 12.2. The third-order valence-corrected chi connectivity index (χ3v) is 3.67. The summed E-state index contributed by atoms with van der Waals surface area (Å²) in [6.45, 7) is 4.02. The highest BCUT2D eigenvalue weighted by molar-refractivity contribution is 6.04. The second-order valence-corrected chi connectivity index (χ2v) is 5.21. The number of hydrogen-bond donors (Lipinski definition) is 1. The Morgan fingerprint density at radius 1 is 1.00 bits per heavy atom. The Balaban J connectivity index is 2.09. The number of nitrogens with one attached hydrogen (secondary N) is 1. The Morgan fingerprint density at radius 3 is 2.43 bits per heavy atom. The summed E-state index contributed by atoms with van der Waals surface area (Å²) in [6.07, 6.45) is 3.12. The summed E-state index contributed by atoms with van der Waals surface area (Å²) >= 11 is 0. The van der Waals surface area contributed by atoms with Gasteiger partial charge in [-0.3, -0.25) is 4.79 Å². The lowest BCUT2D eigenvalue weighted by molar-refractivity contribution is 0.104. The molecule has 4 nitrogen and oxygen atoms in total. The zero-order valence-corrected chi connectivity index (χ0v) is 13.8. The van der Waals surface area contributed by atoms with Crippen molar-refractivity contribution in [3.05, 3.63) is 65.4 Å². The number of aryl methyl sites for hydroxylation is 2. The van der Waals surface area contributed by atoms with Gasteiger partial charge in [0.05, 0.1) is 19.9 Å². The topological polar surface area (TPSA) is 47.6 Å². The van der Waals surface area contributed by atoms with Crippen LogP contribution in [0.25, 0.3) is 0 Å². The van der Waals surface area contributed by atoms with Gasteiger partial charge in [0.25, 0.3) is 0 Å². The first-order valence-corrected chi connectivity index (χ1v) is 7.32. The fraction of sp³-hybridized carbons (Fsp3) is 0.211. The average molecular weight is 311 g/mol. The standard InChI is InChI=1S/C19H21NO3/c1-13-5-6-15(11-14(13)2)18(21)9-10-20-17-8-7-16(22-3)12-19(17)23-4/h5-12,20H,1-4H3. The lowest BCUT2D eigenvalue weighted by Crippen LogP contribution is -1.98. The van der Waals surface area contributed by atoms with Crippen molar-refractivity contribution in [1.82, 2.24) is 0 Å². The van der Waals surface area contributed by atoms with Crippen LogP contribution in [0.5, 0.6) is 11.5 Å². The number of rotatable bonds is 6. The van der Waals surface area contributed by atoms with Gasteiger partial charge in [0.2, 0.25) is 0 Å². The Kier molecular flexibility index (Phi) is 5.41. The molecule has 2 aromatic rings. The minimum atomic E-state index is -0.0481. The summed E-state index contributed by atoms with van der Waals surface area (Å²) in [6, 6.07) is 11.1. The van der Waals surface area contributed by atoms with E-state index < -0.39 is 0 Å². The molecule has 0 heterocycles. The first-order chi connectivity index (χ1) is 11.0. The minimum absolute atomic E-state index is 0.0481. The van der Waals surface area contributed by atoms with E-state index in [4.69, 9.17) is 9.47 Å². The maximum atomic E-state index is 12.2. The van der Waals surface area contributed by atoms with Crippen LogP contribution in [0.1, 0.15) is 21.5 Å². The summed E-state index contributed by atoms with van der Waals surface area (Å²) in [5.41, 5.74) is 3.71. The molecule has 0 saturated carbocycles. The van der Waals surface area contributed by atoms with E-state index in [1.54, 1.807) is 26.5 Å². The van der Waals surface area contributed by atoms with Gasteiger partial charge in [0, 0.05) is 23.9 Å². The van der Waals surface area contributed by atoms with Gasteiger partial charge in [-0.05, 0) is 43.2 Å². The van der Waals surface area contributed by atoms with Crippen molar-refractivity contribution >= 4 is 11.5 Å². The van der Waals surface area contributed by atoms with Crippen molar-refractivity contribution in [3.8, 4) is 11.5 Å². The largest absolute Gasteiger partial charge is 0.497 e. The van der Waals surface area contributed by atoms with Crippen LogP contribution in [0, 0.1) is 13.8 Å². The first-order valence-electron chi connectivity index (χ1n) is 7.32. The third kappa shape index (κ3) is 4.13. The third-order valence-electron chi connectivity index (χ3n) is 3.67. The van der Waals surface area contributed by atoms with Crippen molar-refractivity contribution in [2.75, 3.05) is 19.5 Å². The van der Waals surface area contributed by atoms with Crippen LogP contribution in [0.3, 0.4) is 0 Å². The summed E-state index contributed by atoms with van der Waals surface area (Å²) in [7, 11) is 3.19. The molecule has 2 rings (SSSR count). The minimum Gasteiger partial charge on any atom is -0.497 e. The van der Waals surface area contributed by atoms with Crippen LogP contribution in [0.2, 0.25) is 0 Å². The molecule has 1 N–H and O–H groups in total. The van der Waals surface area contributed by atoms with Gasteiger partial charge in [-0.1, -0.05) is 12.1 Å². The molecule has 120 valence electrons. The summed E-state index contributed by atoms with van der Waals surface area (Å²) in [5.74, 6) is 1.31. The molecule has 23 heavy (non-hydrogen) atoms. The number of anilines is 1. The Hall–Kier alpha value is -2.75. The molecule has 0 unspecified atom stereocenters. The number of carbonyl (C=O) groups excluding carboxylic acids is 1. The zero-order valence-electron chi connectivity index (χ0n) is 13.8. The molecule has 0 aliphatic heterocycles. The van der Waals surface area contributed by atoms with Crippen molar-refractivity contribution in [2.45, 2.75) is 13.8 Å². The molecule has 0 radical (unpaired) electrons. The number of ketones is 1. The summed E-state index contributed by atoms with van der Waals surface area (Å²) in [5, 5.41) is 3.06. The summed E-state index contributed by atoms with van der Waals surface area (Å²) in [4.78, 5) is 12.2. The van der Waals surface area contributed by atoms with Crippen molar-refractivity contribution < 1.29 is 14.3 Å². The van der Waals surface area contributed by atoms with Crippen molar-refractivity contribution in [1.29, 1.82) is 0 Å². The molecule has 2 aromatic carbocycles. The number of allylic oxidation sites excluding steroid dienone is 1. The first kappa shape index (κ1) is 16.6. The Labute approximate surface area is 136 Å². The predicted octanol–water partition coefficient (Wildman–Crippen LogP) is 4.13. The van der Waals surface area contributed by atoms with E-state index in [2.05, 4.69) is 5.32 Å². The second kappa shape index (κ2) is 7.49. The van der Waals surface area contributed by atoms with Crippen LogP contribution in [0.15, 0.2) is 48.7 Å². The second-order valence-electron chi connectivity index (χ2n) is 5.21. The molecule has 0 aliphatic carbocycles. The molecular weight excluding hydrogens is 290 g/mol. The molecule has 0 atom stereocenters. The fourth-order valence-electron chi connectivity index (χ4n) is 2.12. The lowest BCUT2D eigenvalue weighted by atomic mass is 10.0. The van der Waals surface area contributed by atoms with Crippen LogP contribution >= 0.6 is 0 Å². The van der Waals surface area contributed by atoms with E-state index in [-0.39, 0.29) is 5.78 Å². The van der Waals surface area contributed by atoms with Gasteiger partial charge in [-0.2, -0.15) is 0 Å². The van der Waals surface area contributed by atoms with E-state index in [1.165, 1.54) is 11.6 Å². The number of ether oxygens (including phenoxy) is 2. The quantitative estimate of drug-likeness (QED) is 0.643. The van der Waals surface area contributed by atoms with Gasteiger partial charge >= 0.3 is 0 Å². The van der Waals surface area contributed by atoms with Gasteiger partial charge in [0.1, 0.15) is 11.5 Å². The summed E-state index contributed by atoms with van der Waals surface area (Å²) < 4.78 is 10.5.